The van der Waals surface area contributed by atoms with E-state index in [4.69, 9.17) is 9.47 Å². The van der Waals surface area contributed by atoms with Crippen LogP contribution in [0.2, 0.25) is 0 Å². The summed E-state index contributed by atoms with van der Waals surface area (Å²) in [5, 5.41) is 4.05. The summed E-state index contributed by atoms with van der Waals surface area (Å²) in [6.07, 6.45) is 0. The molecule has 3 nitrogen and oxygen atoms in total. The Kier molecular flexibility index (Phi) is 3.03. The van der Waals surface area contributed by atoms with E-state index in [1.54, 1.807) is 13.2 Å². The molecule has 0 unspecified atom stereocenters. The van der Waals surface area contributed by atoms with Gasteiger partial charge < -0.3 is 9.47 Å². The van der Waals surface area contributed by atoms with E-state index in [-0.39, 0.29) is 5.97 Å². The molecule has 0 aliphatic carbocycles. The second kappa shape index (κ2) is 4.85. The van der Waals surface area contributed by atoms with Crippen LogP contribution >= 0.6 is 0 Å². The van der Waals surface area contributed by atoms with Crippen LogP contribution in [0.25, 0.3) is 21.5 Å². The van der Waals surface area contributed by atoms with Gasteiger partial charge in [0, 0.05) is 5.39 Å². The molecule has 0 atom stereocenters. The molecule has 0 heterocycles. The summed E-state index contributed by atoms with van der Waals surface area (Å²) in [5.74, 6) is 0.141. The Morgan fingerprint density at radius 1 is 0.900 bits per heavy atom. The number of ether oxygens (including phenoxy) is 2. The zero-order valence-electron chi connectivity index (χ0n) is 11.3. The van der Waals surface area contributed by atoms with Crippen molar-refractivity contribution in [2.24, 2.45) is 0 Å². The number of carbonyl (C=O) groups is 1. The average Bonchev–Trinajstić information content (AvgIpc) is 2.51. The first-order valence-corrected chi connectivity index (χ1v) is 6.32. The highest BCUT2D eigenvalue weighted by Crippen LogP contribution is 2.31. The van der Waals surface area contributed by atoms with Gasteiger partial charge in [-0.2, -0.15) is 0 Å². The number of esters is 1. The molecule has 20 heavy (non-hydrogen) atoms. The first kappa shape index (κ1) is 12.5. The molecule has 0 N–H and O–H groups in total. The lowest BCUT2D eigenvalue weighted by Crippen LogP contribution is -2.05. The Morgan fingerprint density at radius 2 is 1.60 bits per heavy atom. The summed E-state index contributed by atoms with van der Waals surface area (Å²) in [6, 6.07) is 15.9. The van der Waals surface area contributed by atoms with Crippen LogP contribution in [-0.4, -0.2) is 20.2 Å². The van der Waals surface area contributed by atoms with Crippen LogP contribution in [0.3, 0.4) is 0 Å². The molecule has 0 saturated heterocycles. The number of fused-ring (bicyclic) bond motifs is 2. The lowest BCUT2D eigenvalue weighted by atomic mass is 9.99. The van der Waals surface area contributed by atoms with E-state index in [9.17, 15) is 4.79 Å². The Morgan fingerprint density at radius 3 is 2.25 bits per heavy atom. The molecular weight excluding hydrogens is 252 g/mol. The Bertz CT molecular complexity index is 806. The zero-order valence-corrected chi connectivity index (χ0v) is 11.3. The third-order valence-electron chi connectivity index (χ3n) is 3.46. The lowest BCUT2D eigenvalue weighted by Gasteiger charge is -2.11. The van der Waals surface area contributed by atoms with E-state index in [2.05, 4.69) is 12.1 Å². The van der Waals surface area contributed by atoms with Gasteiger partial charge in [-0.25, -0.2) is 4.79 Å². The van der Waals surface area contributed by atoms with Crippen molar-refractivity contribution in [3.05, 3.63) is 54.1 Å². The topological polar surface area (TPSA) is 35.5 Å². The average molecular weight is 266 g/mol. The summed E-state index contributed by atoms with van der Waals surface area (Å²) in [5.41, 5.74) is 0.471. The van der Waals surface area contributed by atoms with Gasteiger partial charge in [0.1, 0.15) is 11.3 Å². The molecule has 3 aromatic carbocycles. The van der Waals surface area contributed by atoms with Crippen molar-refractivity contribution in [3.8, 4) is 5.75 Å². The number of benzene rings is 3. The molecule has 100 valence electrons. The van der Waals surface area contributed by atoms with Crippen molar-refractivity contribution in [2.45, 2.75) is 0 Å². The van der Waals surface area contributed by atoms with Crippen molar-refractivity contribution in [2.75, 3.05) is 14.2 Å². The quantitative estimate of drug-likeness (QED) is 0.523. The van der Waals surface area contributed by atoms with Crippen molar-refractivity contribution < 1.29 is 14.3 Å². The maximum atomic E-state index is 12.0. The van der Waals surface area contributed by atoms with Gasteiger partial charge in [0.05, 0.1) is 14.2 Å². The van der Waals surface area contributed by atoms with E-state index in [1.165, 1.54) is 7.11 Å². The highest BCUT2D eigenvalue weighted by atomic mass is 16.5. The lowest BCUT2D eigenvalue weighted by molar-refractivity contribution is 0.0599. The predicted molar refractivity (Wildman–Crippen MR) is 79.3 cm³/mol. The fourth-order valence-electron chi connectivity index (χ4n) is 2.48. The van der Waals surface area contributed by atoms with Gasteiger partial charge in [0.2, 0.25) is 0 Å². The monoisotopic (exact) mass is 266 g/mol. The zero-order chi connectivity index (χ0) is 14.1. The minimum atomic E-state index is -0.386. The van der Waals surface area contributed by atoms with Gasteiger partial charge >= 0.3 is 5.97 Å². The molecule has 0 bridgehead atoms. The van der Waals surface area contributed by atoms with Crippen LogP contribution in [0.5, 0.6) is 5.75 Å². The maximum Gasteiger partial charge on any atom is 0.342 e. The van der Waals surface area contributed by atoms with E-state index in [0.29, 0.717) is 11.3 Å². The molecule has 3 aromatic rings. The van der Waals surface area contributed by atoms with Crippen LogP contribution in [0.4, 0.5) is 0 Å². The fraction of sp³-hybridized carbons (Fsp3) is 0.118. The van der Waals surface area contributed by atoms with Crippen LogP contribution < -0.4 is 4.74 Å². The fourth-order valence-corrected chi connectivity index (χ4v) is 2.48. The van der Waals surface area contributed by atoms with Crippen LogP contribution in [0.15, 0.2) is 48.5 Å². The summed E-state index contributed by atoms with van der Waals surface area (Å²) >= 11 is 0. The molecule has 3 rings (SSSR count). The van der Waals surface area contributed by atoms with Crippen LogP contribution in [0, 0.1) is 0 Å². The van der Waals surface area contributed by atoms with E-state index >= 15 is 0 Å². The number of hydrogen-bond acceptors (Lipinski definition) is 3. The minimum absolute atomic E-state index is 0.386. The van der Waals surface area contributed by atoms with Gasteiger partial charge in [-0.05, 0) is 34.4 Å². The van der Waals surface area contributed by atoms with Gasteiger partial charge in [-0.1, -0.05) is 30.3 Å². The van der Waals surface area contributed by atoms with Crippen LogP contribution in [0.1, 0.15) is 10.4 Å². The van der Waals surface area contributed by atoms with E-state index in [0.717, 1.165) is 21.5 Å². The summed E-state index contributed by atoms with van der Waals surface area (Å²) < 4.78 is 10.2. The van der Waals surface area contributed by atoms with Gasteiger partial charge in [0.25, 0.3) is 0 Å². The molecule has 0 spiro atoms. The molecule has 0 fully saturated rings. The smallest absolute Gasteiger partial charge is 0.342 e. The molecule has 0 aromatic heterocycles. The highest BCUT2D eigenvalue weighted by Gasteiger charge is 2.17. The first-order valence-electron chi connectivity index (χ1n) is 6.32. The number of methoxy groups -OCH3 is 2. The van der Waals surface area contributed by atoms with Crippen molar-refractivity contribution >= 4 is 27.5 Å². The van der Waals surface area contributed by atoms with Gasteiger partial charge in [-0.15, -0.1) is 0 Å². The number of rotatable bonds is 2. The highest BCUT2D eigenvalue weighted by molar-refractivity contribution is 6.10. The van der Waals surface area contributed by atoms with Gasteiger partial charge in [-0.3, -0.25) is 0 Å². The third-order valence-corrected chi connectivity index (χ3v) is 3.46. The summed E-state index contributed by atoms with van der Waals surface area (Å²) in [4.78, 5) is 12.0. The second-order valence-electron chi connectivity index (χ2n) is 4.55. The normalized spacial score (nSPS) is 10.7. The predicted octanol–water partition coefficient (Wildman–Crippen LogP) is 3.79. The van der Waals surface area contributed by atoms with Crippen LogP contribution in [-0.2, 0) is 4.74 Å². The van der Waals surface area contributed by atoms with Gasteiger partial charge in [0.15, 0.2) is 0 Å². The Hall–Kier alpha value is -2.55. The number of hydrogen-bond donors (Lipinski definition) is 0. The van der Waals surface area contributed by atoms with Crippen molar-refractivity contribution in [1.29, 1.82) is 0 Å². The molecule has 0 aliphatic rings. The SMILES string of the molecule is COC(=O)c1c(OC)ccc2cc3ccccc3cc12. The van der Waals surface area contributed by atoms with E-state index in [1.807, 2.05) is 30.3 Å². The molecular formula is C17H14O3. The maximum absolute atomic E-state index is 12.0. The first-order chi connectivity index (χ1) is 9.74. The Labute approximate surface area is 116 Å². The molecule has 3 heteroatoms. The van der Waals surface area contributed by atoms with Crippen molar-refractivity contribution in [3.63, 3.8) is 0 Å². The second-order valence-corrected chi connectivity index (χ2v) is 4.55. The summed E-state index contributed by atoms with van der Waals surface area (Å²) in [6.45, 7) is 0. The molecule has 0 aliphatic heterocycles. The summed E-state index contributed by atoms with van der Waals surface area (Å²) in [7, 11) is 2.93. The molecule has 0 saturated carbocycles. The van der Waals surface area contributed by atoms with E-state index < -0.39 is 0 Å². The Balaban J connectivity index is 2.42. The molecule has 0 radical (unpaired) electrons. The standard InChI is InChI=1S/C17H14O3/c1-19-15-8-7-13-9-11-5-3-4-6-12(11)10-14(13)16(15)17(18)20-2/h3-10H,1-2H3. The largest absolute Gasteiger partial charge is 0.496 e. The van der Waals surface area contributed by atoms with Crippen molar-refractivity contribution in [1.82, 2.24) is 0 Å². The third kappa shape index (κ3) is 1.88. The number of carbonyl (C=O) groups excluding carboxylic acids is 1. The minimum Gasteiger partial charge on any atom is -0.496 e. The molecule has 0 amide bonds.